The second kappa shape index (κ2) is 39.0. The lowest BCUT2D eigenvalue weighted by Gasteiger charge is -2.15. The van der Waals surface area contributed by atoms with Gasteiger partial charge in [-0.25, -0.2) is 9.59 Å². The normalized spacial score (nSPS) is 11.4. The van der Waals surface area contributed by atoms with E-state index >= 15 is 0 Å². The Morgan fingerprint density at radius 2 is 0.900 bits per heavy atom. The van der Waals surface area contributed by atoms with Crippen LogP contribution in [0.2, 0.25) is 0 Å². The average Bonchev–Trinajstić information content (AvgIpc) is 3.19. The number of hydrogen-bond acceptors (Lipinski definition) is 13. The lowest BCUT2D eigenvalue weighted by Crippen LogP contribution is -2.41. The number of rotatable bonds is 40. The van der Waals surface area contributed by atoms with Gasteiger partial charge in [0, 0.05) is 46.2 Å². The summed E-state index contributed by atoms with van der Waals surface area (Å²) in [6.45, 7) is 2.69. The fourth-order valence-electron chi connectivity index (χ4n) is 5.74. The molecule has 0 aromatic carbocycles. The Balaban J connectivity index is 3.69. The predicted octanol–water partition coefficient (Wildman–Crippen LogP) is 3.59. The Morgan fingerprint density at radius 3 is 1.35 bits per heavy atom. The number of nitrogens with zero attached hydrogens (tertiary/aromatic N) is 1. The number of aliphatic carboxylic acids is 2. The van der Waals surface area contributed by atoms with Gasteiger partial charge < -0.3 is 49.9 Å². The van der Waals surface area contributed by atoms with Crippen molar-refractivity contribution in [3.63, 3.8) is 0 Å². The maximum absolute atomic E-state index is 12.3. The van der Waals surface area contributed by atoms with Crippen molar-refractivity contribution in [3.05, 3.63) is 0 Å². The van der Waals surface area contributed by atoms with Gasteiger partial charge in [0.05, 0.1) is 39.6 Å². The first-order chi connectivity index (χ1) is 28.8. The Hall–Kier alpha value is -4.20. The van der Waals surface area contributed by atoms with E-state index in [4.69, 9.17) is 24.1 Å². The van der Waals surface area contributed by atoms with E-state index in [0.29, 0.717) is 11.5 Å². The summed E-state index contributed by atoms with van der Waals surface area (Å²) < 4.78 is 20.9. The molecule has 0 aromatic heterocycles. The molecular weight excluding hydrogens is 788 g/mol. The summed E-state index contributed by atoms with van der Waals surface area (Å²) in [7, 11) is 0. The van der Waals surface area contributed by atoms with E-state index in [0.717, 1.165) is 52.4 Å². The van der Waals surface area contributed by atoms with Crippen molar-refractivity contribution in [1.29, 1.82) is 0 Å². The van der Waals surface area contributed by atoms with Crippen LogP contribution in [0.15, 0.2) is 0 Å². The number of carboxylic acid groups (broad SMARTS) is 2. The molecular formula is C41H72N4O15. The smallest absolute Gasteiger partial charge is 0.358 e. The molecule has 0 aromatic rings. The number of nitrogens with one attached hydrogen (secondary N) is 3. The first-order valence-corrected chi connectivity index (χ1v) is 21.4. The van der Waals surface area contributed by atoms with Crippen LogP contribution in [0, 0.1) is 0 Å². The first-order valence-electron chi connectivity index (χ1n) is 21.4. The van der Waals surface area contributed by atoms with Gasteiger partial charge in [0.1, 0.15) is 19.3 Å². The predicted molar refractivity (Wildman–Crippen MR) is 218 cm³/mol. The summed E-state index contributed by atoms with van der Waals surface area (Å²) in [5, 5.41) is 26.3. The number of amides is 5. The molecule has 0 unspecified atom stereocenters. The Labute approximate surface area is 354 Å². The molecule has 0 heterocycles. The third-order valence-corrected chi connectivity index (χ3v) is 8.94. The van der Waals surface area contributed by atoms with E-state index in [1.54, 1.807) is 0 Å². The lowest BCUT2D eigenvalue weighted by molar-refractivity contribution is -0.203. The van der Waals surface area contributed by atoms with E-state index in [1.165, 1.54) is 57.8 Å². The molecule has 0 radical (unpaired) electrons. The highest BCUT2D eigenvalue weighted by atomic mass is 16.7. The molecule has 5 amide bonds. The second-order valence-corrected chi connectivity index (χ2v) is 14.4. The summed E-state index contributed by atoms with van der Waals surface area (Å²) >= 11 is 0. The lowest BCUT2D eigenvalue weighted by atomic mass is 10.0. The Morgan fingerprint density at radius 1 is 0.483 bits per heavy atom. The van der Waals surface area contributed by atoms with Gasteiger partial charge >= 0.3 is 17.9 Å². The summed E-state index contributed by atoms with van der Waals surface area (Å²) in [5.41, 5.74) is 0. The fraction of sp³-hybridized carbons (Fsp3) is 0.805. The van der Waals surface area contributed by atoms with Gasteiger partial charge in [-0.3, -0.25) is 28.8 Å². The van der Waals surface area contributed by atoms with Gasteiger partial charge in [-0.15, -0.1) is 5.06 Å². The van der Waals surface area contributed by atoms with E-state index < -0.39 is 42.4 Å². The highest BCUT2D eigenvalue weighted by Crippen LogP contribution is 2.14. The average molecular weight is 861 g/mol. The molecule has 0 rings (SSSR count). The topological polar surface area (TPSA) is 262 Å². The molecule has 0 saturated heterocycles. The number of carbonyl (C=O) groups excluding carboxylic acids is 6. The second-order valence-electron chi connectivity index (χ2n) is 14.4. The molecule has 0 aliphatic heterocycles. The molecule has 0 aliphatic rings. The quantitative estimate of drug-likeness (QED) is 0.0436. The van der Waals surface area contributed by atoms with Gasteiger partial charge in [-0.1, -0.05) is 89.9 Å². The van der Waals surface area contributed by atoms with E-state index in [-0.39, 0.29) is 103 Å². The SMILES string of the molecule is CC(=O)N(OC(=O)COCCOCCNC(=O)COCCOCCNC(=O)CC[C@H](NC(=O)CCCCCCCCCCCCCCCCCCC(=O)O)C(=O)O)C(C)=O. The fourth-order valence-corrected chi connectivity index (χ4v) is 5.74. The highest BCUT2D eigenvalue weighted by molar-refractivity contribution is 5.93. The molecule has 19 nitrogen and oxygen atoms in total. The van der Waals surface area contributed by atoms with Gasteiger partial charge in [0.25, 0.3) is 11.8 Å². The number of hydrogen-bond donors (Lipinski definition) is 5. The number of hydroxylamine groups is 2. The van der Waals surface area contributed by atoms with Crippen LogP contribution in [-0.2, 0) is 62.1 Å². The van der Waals surface area contributed by atoms with Crippen LogP contribution in [0.25, 0.3) is 0 Å². The van der Waals surface area contributed by atoms with E-state index in [1.807, 2.05) is 0 Å². The van der Waals surface area contributed by atoms with Crippen molar-refractivity contribution >= 4 is 47.4 Å². The van der Waals surface area contributed by atoms with Crippen LogP contribution >= 0.6 is 0 Å². The van der Waals surface area contributed by atoms with Gasteiger partial charge in [0.15, 0.2) is 0 Å². The number of carbonyl (C=O) groups is 8. The molecule has 0 spiro atoms. The van der Waals surface area contributed by atoms with Gasteiger partial charge in [0.2, 0.25) is 17.7 Å². The molecule has 5 N–H and O–H groups in total. The third-order valence-electron chi connectivity index (χ3n) is 8.94. The molecule has 0 bridgehead atoms. The molecule has 1 atom stereocenters. The van der Waals surface area contributed by atoms with Gasteiger partial charge in [-0.05, 0) is 19.3 Å². The summed E-state index contributed by atoms with van der Waals surface area (Å²) in [6.07, 6.45) is 18.2. The third kappa shape index (κ3) is 36.8. The number of carboxylic acids is 2. The van der Waals surface area contributed by atoms with Crippen molar-refractivity contribution in [1.82, 2.24) is 21.0 Å². The standard InChI is InChI=1S/C41H72N4O15/c1-33(46)45(34(2)47)60-40(53)32-59-30-28-57-26-24-43-38(50)31-58-29-27-56-25-23-42-36(48)22-21-35(41(54)55)44-37(49)19-17-15-13-11-9-7-5-3-4-6-8-10-12-14-16-18-20-39(51)52/h35H,3-32H2,1-2H3,(H,42,48)(H,43,50)(H,44,49)(H,51,52)(H,54,55)/t35-/m0/s1. The van der Waals surface area contributed by atoms with Crippen LogP contribution in [0.3, 0.4) is 0 Å². The number of imide groups is 1. The molecule has 0 aliphatic carbocycles. The molecule has 346 valence electrons. The minimum Gasteiger partial charge on any atom is -0.481 e. The summed E-state index contributed by atoms with van der Waals surface area (Å²) in [4.78, 5) is 97.1. The Kier molecular flexibility index (Phi) is 36.2. The van der Waals surface area contributed by atoms with Crippen LogP contribution < -0.4 is 16.0 Å². The van der Waals surface area contributed by atoms with Crippen molar-refractivity contribution in [2.24, 2.45) is 0 Å². The maximum Gasteiger partial charge on any atom is 0.358 e. The van der Waals surface area contributed by atoms with Crippen LogP contribution in [-0.4, -0.2) is 135 Å². The van der Waals surface area contributed by atoms with Crippen molar-refractivity contribution < 1.29 is 72.4 Å². The molecule has 0 fully saturated rings. The van der Waals surface area contributed by atoms with E-state index in [9.17, 15) is 43.5 Å². The first kappa shape index (κ1) is 55.8. The van der Waals surface area contributed by atoms with Crippen LogP contribution in [0.1, 0.15) is 142 Å². The van der Waals surface area contributed by atoms with Crippen molar-refractivity contribution in [2.75, 3.05) is 65.9 Å². The summed E-state index contributed by atoms with van der Waals surface area (Å²) in [5.74, 6) is -5.37. The molecule has 60 heavy (non-hydrogen) atoms. The van der Waals surface area contributed by atoms with Crippen LogP contribution in [0.5, 0.6) is 0 Å². The maximum atomic E-state index is 12.3. The molecule has 19 heteroatoms. The van der Waals surface area contributed by atoms with Crippen molar-refractivity contribution in [2.45, 2.75) is 148 Å². The van der Waals surface area contributed by atoms with E-state index in [2.05, 4.69) is 20.8 Å². The zero-order valence-electron chi connectivity index (χ0n) is 35.9. The zero-order chi connectivity index (χ0) is 44.6. The van der Waals surface area contributed by atoms with Crippen LogP contribution in [0.4, 0.5) is 0 Å². The zero-order valence-corrected chi connectivity index (χ0v) is 35.9. The highest BCUT2D eigenvalue weighted by Gasteiger charge is 2.21. The Bertz CT molecular complexity index is 1220. The summed E-state index contributed by atoms with van der Waals surface area (Å²) in [6, 6.07) is -1.15. The number of ether oxygens (including phenoxy) is 4. The number of unbranched alkanes of at least 4 members (excludes halogenated alkanes) is 15. The largest absolute Gasteiger partial charge is 0.481 e. The van der Waals surface area contributed by atoms with Gasteiger partial charge in [-0.2, -0.15) is 0 Å². The van der Waals surface area contributed by atoms with Crippen molar-refractivity contribution in [3.8, 4) is 0 Å². The minimum absolute atomic E-state index is 0.0362. The molecule has 0 saturated carbocycles. The monoisotopic (exact) mass is 860 g/mol. The minimum atomic E-state index is -1.19.